The first kappa shape index (κ1) is 13.5. The van der Waals surface area contributed by atoms with Crippen LogP contribution in [-0.4, -0.2) is 17.6 Å². The van der Waals surface area contributed by atoms with Gasteiger partial charge in [0.15, 0.2) is 0 Å². The van der Waals surface area contributed by atoms with Crippen molar-refractivity contribution in [3.8, 4) is 0 Å². The number of carbonyl (C=O) groups excluding carboxylic acids is 1. The van der Waals surface area contributed by atoms with Gasteiger partial charge in [0, 0.05) is 0 Å². The highest BCUT2D eigenvalue weighted by atomic mass is 16.3. The maximum absolute atomic E-state index is 11.2. The van der Waals surface area contributed by atoms with Crippen molar-refractivity contribution in [1.82, 2.24) is 5.32 Å². The lowest BCUT2D eigenvalue weighted by Crippen LogP contribution is -2.29. The molecule has 1 amide bonds. The minimum absolute atomic E-state index is 0.124. The van der Waals surface area contributed by atoms with Crippen LogP contribution in [0.25, 0.3) is 0 Å². The first-order valence-electron chi connectivity index (χ1n) is 5.72. The third kappa shape index (κ3) is 3.71. The summed E-state index contributed by atoms with van der Waals surface area (Å²) in [5.74, 6) is 0.191. The van der Waals surface area contributed by atoms with Gasteiger partial charge in [-0.25, -0.2) is 0 Å². The third-order valence-corrected chi connectivity index (χ3v) is 2.69. The molecule has 0 bridgehead atoms. The Hall–Kier alpha value is -1.61. The zero-order chi connectivity index (χ0) is 12.8. The second-order valence-electron chi connectivity index (χ2n) is 4.27. The van der Waals surface area contributed by atoms with E-state index in [1.54, 1.807) is 0 Å². The molecule has 3 nitrogen and oxygen atoms in total. The molecule has 92 valence electrons. The van der Waals surface area contributed by atoms with Crippen LogP contribution in [0.2, 0.25) is 0 Å². The van der Waals surface area contributed by atoms with Crippen LogP contribution >= 0.6 is 0 Å². The summed E-state index contributed by atoms with van der Waals surface area (Å²) in [4.78, 5) is 11.2. The van der Waals surface area contributed by atoms with E-state index < -0.39 is 0 Å². The molecular formula is C14H19NO2. The molecule has 0 radical (unpaired) electrons. The zero-order valence-electron chi connectivity index (χ0n) is 10.3. The number of nitrogens with one attached hydrogen (secondary N) is 1. The van der Waals surface area contributed by atoms with Gasteiger partial charge in [-0.05, 0) is 23.1 Å². The summed E-state index contributed by atoms with van der Waals surface area (Å²) in [6.07, 6.45) is 1.20. The smallest absolute Gasteiger partial charge is 0.243 e. The van der Waals surface area contributed by atoms with Gasteiger partial charge in [0.25, 0.3) is 0 Å². The van der Waals surface area contributed by atoms with Gasteiger partial charge in [0.2, 0.25) is 5.91 Å². The molecule has 1 rings (SSSR count). The predicted octanol–water partition coefficient (Wildman–Crippen LogP) is 2.15. The van der Waals surface area contributed by atoms with Gasteiger partial charge >= 0.3 is 0 Å². The van der Waals surface area contributed by atoms with E-state index in [0.29, 0.717) is 5.92 Å². The molecule has 0 saturated heterocycles. The van der Waals surface area contributed by atoms with E-state index in [2.05, 4.69) is 25.7 Å². The first-order valence-corrected chi connectivity index (χ1v) is 5.72. The molecule has 17 heavy (non-hydrogen) atoms. The molecule has 1 unspecified atom stereocenters. The number of benzene rings is 1. The SMILES string of the molecule is C=CC(=O)NC(CO)c1ccc(C(C)C)cc1. The molecule has 0 aliphatic heterocycles. The molecule has 1 aromatic rings. The Morgan fingerprint density at radius 3 is 2.29 bits per heavy atom. The lowest BCUT2D eigenvalue weighted by atomic mass is 9.99. The van der Waals surface area contributed by atoms with Crippen molar-refractivity contribution < 1.29 is 9.90 Å². The second-order valence-corrected chi connectivity index (χ2v) is 4.27. The summed E-state index contributed by atoms with van der Waals surface area (Å²) in [6.45, 7) is 7.51. The Morgan fingerprint density at radius 2 is 1.88 bits per heavy atom. The van der Waals surface area contributed by atoms with E-state index in [1.807, 2.05) is 24.3 Å². The summed E-state index contributed by atoms with van der Waals surface area (Å²) in [5.41, 5.74) is 2.13. The zero-order valence-corrected chi connectivity index (χ0v) is 10.3. The summed E-state index contributed by atoms with van der Waals surface area (Å²) in [7, 11) is 0. The summed E-state index contributed by atoms with van der Waals surface area (Å²) < 4.78 is 0. The predicted molar refractivity (Wildman–Crippen MR) is 68.7 cm³/mol. The standard InChI is InChI=1S/C14H19NO2/c1-4-14(17)15-13(9-16)12-7-5-11(6-8-12)10(2)3/h4-8,10,13,16H,1,9H2,2-3H3,(H,15,17). The van der Waals surface area contributed by atoms with Gasteiger partial charge in [-0.2, -0.15) is 0 Å². The topological polar surface area (TPSA) is 49.3 Å². The minimum atomic E-state index is -0.373. The van der Waals surface area contributed by atoms with E-state index in [4.69, 9.17) is 0 Å². The van der Waals surface area contributed by atoms with Crippen molar-refractivity contribution in [3.63, 3.8) is 0 Å². The van der Waals surface area contributed by atoms with Crippen LogP contribution in [0.4, 0.5) is 0 Å². The highest BCUT2D eigenvalue weighted by Crippen LogP contribution is 2.18. The Bertz CT molecular complexity index is 382. The number of hydrogen-bond acceptors (Lipinski definition) is 2. The molecule has 1 aromatic carbocycles. The van der Waals surface area contributed by atoms with Crippen molar-refractivity contribution >= 4 is 5.91 Å². The van der Waals surface area contributed by atoms with Crippen molar-refractivity contribution in [2.75, 3.05) is 6.61 Å². The summed E-state index contributed by atoms with van der Waals surface area (Å²) >= 11 is 0. The second kappa shape index (κ2) is 6.21. The van der Waals surface area contributed by atoms with Crippen molar-refractivity contribution in [2.24, 2.45) is 0 Å². The maximum Gasteiger partial charge on any atom is 0.243 e. The fourth-order valence-electron chi connectivity index (χ4n) is 1.58. The average Bonchev–Trinajstić information content (AvgIpc) is 2.35. The number of rotatable bonds is 5. The van der Waals surface area contributed by atoms with Crippen molar-refractivity contribution in [3.05, 3.63) is 48.0 Å². The highest BCUT2D eigenvalue weighted by Gasteiger charge is 2.12. The van der Waals surface area contributed by atoms with Crippen LogP contribution in [-0.2, 0) is 4.79 Å². The highest BCUT2D eigenvalue weighted by molar-refractivity contribution is 5.87. The first-order chi connectivity index (χ1) is 8.08. The molecule has 2 N–H and O–H groups in total. The molecule has 0 fully saturated rings. The summed E-state index contributed by atoms with van der Waals surface area (Å²) in [5, 5.41) is 11.9. The van der Waals surface area contributed by atoms with Crippen LogP contribution < -0.4 is 5.32 Å². The Labute approximate surface area is 102 Å². The molecule has 0 saturated carbocycles. The molecule has 0 aromatic heterocycles. The van der Waals surface area contributed by atoms with E-state index in [-0.39, 0.29) is 18.6 Å². The number of aliphatic hydroxyl groups excluding tert-OH is 1. The molecule has 0 aliphatic rings. The molecule has 1 atom stereocenters. The van der Waals surface area contributed by atoms with Crippen molar-refractivity contribution in [1.29, 1.82) is 0 Å². The Morgan fingerprint density at radius 1 is 1.35 bits per heavy atom. The summed E-state index contributed by atoms with van der Waals surface area (Å²) in [6, 6.07) is 7.52. The molecule has 0 spiro atoms. The maximum atomic E-state index is 11.2. The monoisotopic (exact) mass is 233 g/mol. The third-order valence-electron chi connectivity index (χ3n) is 2.69. The van der Waals surface area contributed by atoms with Crippen molar-refractivity contribution in [2.45, 2.75) is 25.8 Å². The number of amides is 1. The molecular weight excluding hydrogens is 214 g/mol. The molecule has 0 heterocycles. The van der Waals surface area contributed by atoms with Gasteiger partial charge in [0.05, 0.1) is 12.6 Å². The number of carbonyl (C=O) groups is 1. The van der Waals surface area contributed by atoms with Crippen LogP contribution in [0, 0.1) is 0 Å². The van der Waals surface area contributed by atoms with E-state index in [9.17, 15) is 9.90 Å². The normalized spacial score (nSPS) is 12.2. The number of aliphatic hydroxyl groups is 1. The van der Waals surface area contributed by atoms with E-state index in [1.165, 1.54) is 11.6 Å². The van der Waals surface area contributed by atoms with Crippen LogP contribution in [0.1, 0.15) is 36.9 Å². The van der Waals surface area contributed by atoms with Gasteiger partial charge < -0.3 is 10.4 Å². The lowest BCUT2D eigenvalue weighted by molar-refractivity contribution is -0.117. The minimum Gasteiger partial charge on any atom is -0.394 e. The Balaban J connectivity index is 2.82. The average molecular weight is 233 g/mol. The quantitative estimate of drug-likeness (QED) is 0.765. The largest absolute Gasteiger partial charge is 0.394 e. The molecule has 0 aliphatic carbocycles. The van der Waals surface area contributed by atoms with Gasteiger partial charge in [-0.15, -0.1) is 0 Å². The van der Waals surface area contributed by atoms with Crippen LogP contribution in [0.3, 0.4) is 0 Å². The van der Waals surface area contributed by atoms with Crippen LogP contribution in [0.5, 0.6) is 0 Å². The van der Waals surface area contributed by atoms with Crippen LogP contribution in [0.15, 0.2) is 36.9 Å². The Kier molecular flexibility index (Phi) is 4.91. The fourth-order valence-corrected chi connectivity index (χ4v) is 1.58. The number of hydrogen-bond donors (Lipinski definition) is 2. The lowest BCUT2D eigenvalue weighted by Gasteiger charge is -2.16. The van der Waals surface area contributed by atoms with Gasteiger partial charge in [-0.1, -0.05) is 44.7 Å². The fraction of sp³-hybridized carbons (Fsp3) is 0.357. The van der Waals surface area contributed by atoms with Gasteiger partial charge in [-0.3, -0.25) is 4.79 Å². The molecule has 3 heteroatoms. The van der Waals surface area contributed by atoms with E-state index in [0.717, 1.165) is 5.56 Å². The van der Waals surface area contributed by atoms with Gasteiger partial charge in [0.1, 0.15) is 0 Å². The van der Waals surface area contributed by atoms with E-state index >= 15 is 0 Å².